The zero-order chi connectivity index (χ0) is 14.2. The van der Waals surface area contributed by atoms with Crippen molar-refractivity contribution in [2.45, 2.75) is 59.2 Å². The standard InChI is InChI=1S/C16H28N2O/c1-10-9-18(6)11(2)7-16(10)17-13(4)15-8-12(3)19-14(15)5/h8,10-11,13,16-17H,7,9H2,1-6H3. The van der Waals surface area contributed by atoms with Crippen LogP contribution in [0.15, 0.2) is 10.5 Å². The molecule has 1 fully saturated rings. The first-order valence-electron chi connectivity index (χ1n) is 7.41. The summed E-state index contributed by atoms with van der Waals surface area (Å²) in [5, 5.41) is 3.80. The van der Waals surface area contributed by atoms with Gasteiger partial charge in [-0.2, -0.15) is 0 Å². The average molecular weight is 264 g/mol. The van der Waals surface area contributed by atoms with Crippen LogP contribution in [0.2, 0.25) is 0 Å². The quantitative estimate of drug-likeness (QED) is 0.908. The van der Waals surface area contributed by atoms with Crippen LogP contribution in [0, 0.1) is 19.8 Å². The third kappa shape index (κ3) is 3.21. The molecule has 1 N–H and O–H groups in total. The van der Waals surface area contributed by atoms with Gasteiger partial charge in [0.2, 0.25) is 0 Å². The Balaban J connectivity index is 2.02. The van der Waals surface area contributed by atoms with Crippen molar-refractivity contribution >= 4 is 0 Å². The summed E-state index contributed by atoms with van der Waals surface area (Å²) >= 11 is 0. The van der Waals surface area contributed by atoms with Crippen LogP contribution in [0.3, 0.4) is 0 Å². The molecule has 0 amide bonds. The lowest BCUT2D eigenvalue weighted by Crippen LogP contribution is -2.51. The van der Waals surface area contributed by atoms with Gasteiger partial charge in [0.15, 0.2) is 0 Å². The summed E-state index contributed by atoms with van der Waals surface area (Å²) in [6.45, 7) is 12.2. The number of hydrogen-bond donors (Lipinski definition) is 1. The fraction of sp³-hybridized carbons (Fsp3) is 0.750. The highest BCUT2D eigenvalue weighted by Gasteiger charge is 2.30. The molecular weight excluding hydrogens is 236 g/mol. The number of hydrogen-bond acceptors (Lipinski definition) is 3. The molecule has 3 nitrogen and oxygen atoms in total. The summed E-state index contributed by atoms with van der Waals surface area (Å²) < 4.78 is 5.64. The molecule has 19 heavy (non-hydrogen) atoms. The van der Waals surface area contributed by atoms with Gasteiger partial charge in [0.05, 0.1) is 0 Å². The largest absolute Gasteiger partial charge is 0.466 e. The lowest BCUT2D eigenvalue weighted by atomic mass is 9.89. The van der Waals surface area contributed by atoms with E-state index in [1.807, 2.05) is 6.92 Å². The highest BCUT2D eigenvalue weighted by molar-refractivity contribution is 5.23. The van der Waals surface area contributed by atoms with Gasteiger partial charge in [0, 0.05) is 30.2 Å². The summed E-state index contributed by atoms with van der Waals surface area (Å²) in [5.41, 5.74) is 1.30. The summed E-state index contributed by atoms with van der Waals surface area (Å²) in [7, 11) is 2.23. The Kier molecular flexibility index (Phi) is 4.36. The maximum Gasteiger partial charge on any atom is 0.105 e. The second-order valence-corrected chi connectivity index (χ2v) is 6.37. The lowest BCUT2D eigenvalue weighted by molar-refractivity contribution is 0.116. The molecule has 1 aliphatic heterocycles. The molecule has 0 radical (unpaired) electrons. The average Bonchev–Trinajstić information content (AvgIpc) is 2.65. The Morgan fingerprint density at radius 3 is 2.63 bits per heavy atom. The molecule has 1 aromatic rings. The molecule has 1 aromatic heterocycles. The highest BCUT2D eigenvalue weighted by atomic mass is 16.3. The van der Waals surface area contributed by atoms with Crippen LogP contribution < -0.4 is 5.32 Å². The van der Waals surface area contributed by atoms with Crippen LogP contribution in [0.4, 0.5) is 0 Å². The topological polar surface area (TPSA) is 28.4 Å². The Hall–Kier alpha value is -0.800. The molecule has 4 atom stereocenters. The minimum Gasteiger partial charge on any atom is -0.466 e. The van der Waals surface area contributed by atoms with Gasteiger partial charge in [-0.25, -0.2) is 0 Å². The summed E-state index contributed by atoms with van der Waals surface area (Å²) in [4.78, 5) is 2.46. The van der Waals surface area contributed by atoms with Gasteiger partial charge >= 0.3 is 0 Å². The van der Waals surface area contributed by atoms with Gasteiger partial charge in [0.1, 0.15) is 11.5 Å². The minimum atomic E-state index is 0.362. The monoisotopic (exact) mass is 264 g/mol. The molecule has 0 bridgehead atoms. The third-order valence-corrected chi connectivity index (χ3v) is 4.62. The number of furan rings is 1. The number of aryl methyl sites for hydroxylation is 2. The fourth-order valence-corrected chi connectivity index (χ4v) is 3.26. The molecule has 0 aliphatic carbocycles. The molecule has 1 saturated heterocycles. The maximum atomic E-state index is 5.64. The predicted octanol–water partition coefficient (Wildman–Crippen LogP) is 3.28. The van der Waals surface area contributed by atoms with E-state index in [9.17, 15) is 0 Å². The molecule has 3 heteroatoms. The molecule has 0 aromatic carbocycles. The van der Waals surface area contributed by atoms with E-state index >= 15 is 0 Å². The van der Waals surface area contributed by atoms with E-state index in [0.717, 1.165) is 11.5 Å². The number of likely N-dealkylation sites (tertiary alicyclic amines) is 1. The van der Waals surface area contributed by atoms with Gasteiger partial charge in [-0.3, -0.25) is 0 Å². The number of nitrogens with one attached hydrogen (secondary N) is 1. The van der Waals surface area contributed by atoms with Crippen molar-refractivity contribution in [2.24, 2.45) is 5.92 Å². The van der Waals surface area contributed by atoms with E-state index in [0.29, 0.717) is 24.0 Å². The highest BCUT2D eigenvalue weighted by Crippen LogP contribution is 2.26. The molecule has 0 saturated carbocycles. The first-order chi connectivity index (χ1) is 8.88. The molecule has 108 valence electrons. The van der Waals surface area contributed by atoms with Gasteiger partial charge in [-0.1, -0.05) is 6.92 Å². The molecule has 2 rings (SSSR count). The zero-order valence-corrected chi connectivity index (χ0v) is 13.2. The maximum absolute atomic E-state index is 5.64. The summed E-state index contributed by atoms with van der Waals surface area (Å²) in [5.74, 6) is 2.74. The van der Waals surface area contributed by atoms with Crippen molar-refractivity contribution in [1.29, 1.82) is 0 Å². The van der Waals surface area contributed by atoms with E-state index in [2.05, 4.69) is 51.0 Å². The van der Waals surface area contributed by atoms with Crippen molar-refractivity contribution in [2.75, 3.05) is 13.6 Å². The smallest absolute Gasteiger partial charge is 0.105 e. The predicted molar refractivity (Wildman–Crippen MR) is 79.4 cm³/mol. The van der Waals surface area contributed by atoms with Crippen molar-refractivity contribution in [1.82, 2.24) is 10.2 Å². The Morgan fingerprint density at radius 1 is 1.37 bits per heavy atom. The number of rotatable bonds is 3. The first-order valence-corrected chi connectivity index (χ1v) is 7.41. The molecule has 2 heterocycles. The Morgan fingerprint density at radius 2 is 2.05 bits per heavy atom. The number of piperidine rings is 1. The second-order valence-electron chi connectivity index (χ2n) is 6.37. The lowest BCUT2D eigenvalue weighted by Gasteiger charge is -2.41. The number of nitrogens with zero attached hydrogens (tertiary/aromatic N) is 1. The van der Waals surface area contributed by atoms with Crippen molar-refractivity contribution < 1.29 is 4.42 Å². The normalized spacial score (nSPS) is 30.5. The van der Waals surface area contributed by atoms with Crippen LogP contribution in [0.25, 0.3) is 0 Å². The van der Waals surface area contributed by atoms with E-state index in [4.69, 9.17) is 4.42 Å². The Bertz CT molecular complexity index is 426. The van der Waals surface area contributed by atoms with Crippen LogP contribution in [-0.2, 0) is 0 Å². The molecule has 1 aliphatic rings. The van der Waals surface area contributed by atoms with E-state index in [1.165, 1.54) is 18.5 Å². The van der Waals surface area contributed by atoms with Gasteiger partial charge < -0.3 is 14.6 Å². The molecule has 4 unspecified atom stereocenters. The van der Waals surface area contributed by atoms with Crippen molar-refractivity contribution in [3.8, 4) is 0 Å². The summed E-state index contributed by atoms with van der Waals surface area (Å²) in [6, 6.07) is 3.78. The van der Waals surface area contributed by atoms with E-state index in [-0.39, 0.29) is 0 Å². The van der Waals surface area contributed by atoms with Gasteiger partial charge in [-0.15, -0.1) is 0 Å². The first kappa shape index (κ1) is 14.6. The van der Waals surface area contributed by atoms with Gasteiger partial charge in [0.25, 0.3) is 0 Å². The zero-order valence-electron chi connectivity index (χ0n) is 13.2. The van der Waals surface area contributed by atoms with E-state index in [1.54, 1.807) is 0 Å². The third-order valence-electron chi connectivity index (χ3n) is 4.62. The molecule has 0 spiro atoms. The van der Waals surface area contributed by atoms with Gasteiger partial charge in [-0.05, 0) is 53.1 Å². The van der Waals surface area contributed by atoms with Crippen LogP contribution >= 0.6 is 0 Å². The van der Waals surface area contributed by atoms with Crippen LogP contribution in [0.1, 0.15) is 50.3 Å². The summed E-state index contributed by atoms with van der Waals surface area (Å²) in [6.07, 6.45) is 1.22. The fourth-order valence-electron chi connectivity index (χ4n) is 3.26. The second kappa shape index (κ2) is 5.68. The van der Waals surface area contributed by atoms with E-state index < -0.39 is 0 Å². The van der Waals surface area contributed by atoms with Crippen LogP contribution in [0.5, 0.6) is 0 Å². The van der Waals surface area contributed by atoms with Crippen LogP contribution in [-0.4, -0.2) is 30.6 Å². The van der Waals surface area contributed by atoms with Crippen molar-refractivity contribution in [3.63, 3.8) is 0 Å². The SMILES string of the molecule is Cc1cc(C(C)NC2CC(C)N(C)CC2C)c(C)o1. The minimum absolute atomic E-state index is 0.362. The van der Waals surface area contributed by atoms with Crippen molar-refractivity contribution in [3.05, 3.63) is 23.2 Å². The Labute approximate surface area is 117 Å². The molecular formula is C16H28N2O.